The maximum absolute atomic E-state index is 14.0. The molecule has 1 fully saturated rings. The third-order valence-electron chi connectivity index (χ3n) is 8.74. The molecule has 3 amide bonds. The molecule has 3 aromatic rings. The first-order valence-electron chi connectivity index (χ1n) is 15.8. The molecule has 248 valence electrons. The normalized spacial score (nSPS) is 18.3. The molecule has 0 radical (unpaired) electrons. The Balaban J connectivity index is 1.40. The topological polar surface area (TPSA) is 98.7 Å². The van der Waals surface area contributed by atoms with Gasteiger partial charge in [0.15, 0.2) is 0 Å². The number of hydrogen-bond donors (Lipinski definition) is 3. The van der Waals surface area contributed by atoms with E-state index in [2.05, 4.69) is 22.8 Å². The number of rotatable bonds is 10. The fraction of sp³-hybridized carbons (Fsp3) is 0.361. The van der Waals surface area contributed by atoms with Gasteiger partial charge < -0.3 is 20.6 Å². The number of carbonyl (C=O) groups excluding carboxylic acids is 2. The van der Waals surface area contributed by atoms with Gasteiger partial charge in [-0.05, 0) is 94.1 Å². The molecule has 3 N–H and O–H groups in total. The molecule has 2 unspecified atom stereocenters. The van der Waals surface area contributed by atoms with E-state index in [0.717, 1.165) is 25.0 Å². The molecule has 0 aliphatic heterocycles. The van der Waals surface area contributed by atoms with E-state index >= 15 is 0 Å². The third-order valence-corrected chi connectivity index (χ3v) is 9.42. The summed E-state index contributed by atoms with van der Waals surface area (Å²) in [6.07, 6.45) is 7.42. The molecule has 7 nitrogen and oxygen atoms in total. The van der Waals surface area contributed by atoms with Crippen LogP contribution in [0.2, 0.25) is 0 Å². The van der Waals surface area contributed by atoms with Crippen LogP contribution >= 0.6 is 11.3 Å². The number of halogens is 3. The SMILES string of the molecule is CC1C=C(C2CCCCC2)C=CC1N(Cc1ccc(C(=O)NCCC(=O)O)cc1)C(=O)Nc1cc(-c2ccsc2)cc(C(F)(F)F)c1. The maximum atomic E-state index is 14.0. The Bertz CT molecular complexity index is 1630. The number of carbonyl (C=O) groups is 3. The fourth-order valence-electron chi connectivity index (χ4n) is 6.25. The van der Waals surface area contributed by atoms with E-state index in [0.29, 0.717) is 28.2 Å². The Morgan fingerprint density at radius 2 is 1.74 bits per heavy atom. The fourth-order valence-corrected chi connectivity index (χ4v) is 6.91. The molecule has 2 aliphatic rings. The first-order valence-corrected chi connectivity index (χ1v) is 16.7. The van der Waals surface area contributed by atoms with Crippen molar-refractivity contribution in [3.63, 3.8) is 0 Å². The van der Waals surface area contributed by atoms with Gasteiger partial charge in [0, 0.05) is 24.3 Å². The van der Waals surface area contributed by atoms with Gasteiger partial charge in [0.25, 0.3) is 5.91 Å². The second-order valence-electron chi connectivity index (χ2n) is 12.2. The van der Waals surface area contributed by atoms with E-state index in [4.69, 9.17) is 5.11 Å². The Morgan fingerprint density at radius 3 is 2.38 bits per heavy atom. The molecule has 2 aliphatic carbocycles. The first kappa shape index (κ1) is 34.0. The summed E-state index contributed by atoms with van der Waals surface area (Å²) in [5.41, 5.74) is 2.49. The highest BCUT2D eigenvalue weighted by Gasteiger charge is 2.33. The van der Waals surface area contributed by atoms with Crippen molar-refractivity contribution in [2.24, 2.45) is 11.8 Å². The number of carboxylic acids is 1. The molecular weight excluding hydrogens is 627 g/mol. The number of alkyl halides is 3. The lowest BCUT2D eigenvalue weighted by atomic mass is 9.79. The molecule has 1 aromatic heterocycles. The van der Waals surface area contributed by atoms with Crippen LogP contribution in [0, 0.1) is 11.8 Å². The lowest BCUT2D eigenvalue weighted by molar-refractivity contribution is -0.138. The number of urea groups is 1. The highest BCUT2D eigenvalue weighted by molar-refractivity contribution is 7.08. The second-order valence-corrected chi connectivity index (χ2v) is 13.0. The number of carboxylic acid groups (broad SMARTS) is 1. The van der Waals surface area contributed by atoms with Crippen molar-refractivity contribution in [2.75, 3.05) is 11.9 Å². The van der Waals surface area contributed by atoms with Crippen LogP contribution in [0.15, 0.2) is 83.1 Å². The summed E-state index contributed by atoms with van der Waals surface area (Å²) in [4.78, 5) is 38.9. The van der Waals surface area contributed by atoms with Crippen molar-refractivity contribution in [2.45, 2.75) is 64.2 Å². The van der Waals surface area contributed by atoms with Crippen LogP contribution in [0.4, 0.5) is 23.7 Å². The minimum Gasteiger partial charge on any atom is -0.481 e. The van der Waals surface area contributed by atoms with Gasteiger partial charge in [-0.2, -0.15) is 24.5 Å². The summed E-state index contributed by atoms with van der Waals surface area (Å²) in [5.74, 6) is -0.994. The van der Waals surface area contributed by atoms with Crippen molar-refractivity contribution < 1.29 is 32.7 Å². The molecule has 47 heavy (non-hydrogen) atoms. The van der Waals surface area contributed by atoms with Crippen LogP contribution in [0.25, 0.3) is 11.1 Å². The number of allylic oxidation sites excluding steroid dienone is 2. The van der Waals surface area contributed by atoms with Crippen LogP contribution in [-0.4, -0.2) is 40.5 Å². The Hall–Kier alpha value is -4.38. The van der Waals surface area contributed by atoms with Crippen LogP contribution in [0.1, 0.15) is 66.9 Å². The van der Waals surface area contributed by atoms with Crippen LogP contribution in [-0.2, 0) is 17.5 Å². The van der Waals surface area contributed by atoms with Gasteiger partial charge in [-0.15, -0.1) is 0 Å². The van der Waals surface area contributed by atoms with Gasteiger partial charge in [0.2, 0.25) is 0 Å². The average molecular weight is 666 g/mol. The zero-order valence-corrected chi connectivity index (χ0v) is 26.9. The summed E-state index contributed by atoms with van der Waals surface area (Å²) in [7, 11) is 0. The molecule has 1 saturated carbocycles. The lowest BCUT2D eigenvalue weighted by Crippen LogP contribution is -2.45. The Morgan fingerprint density at radius 1 is 1.00 bits per heavy atom. The van der Waals surface area contributed by atoms with Gasteiger partial charge >= 0.3 is 18.2 Å². The van der Waals surface area contributed by atoms with Gasteiger partial charge in [-0.25, -0.2) is 4.79 Å². The maximum Gasteiger partial charge on any atom is 0.416 e. The number of anilines is 1. The molecule has 0 spiro atoms. The average Bonchev–Trinajstić information content (AvgIpc) is 3.59. The Kier molecular flexibility index (Phi) is 10.9. The summed E-state index contributed by atoms with van der Waals surface area (Å²) < 4.78 is 41.7. The van der Waals surface area contributed by atoms with Crippen molar-refractivity contribution in [1.29, 1.82) is 0 Å². The number of aliphatic carboxylic acids is 1. The molecule has 2 atom stereocenters. The van der Waals surface area contributed by atoms with Gasteiger partial charge in [0.05, 0.1) is 18.0 Å². The van der Waals surface area contributed by atoms with Crippen molar-refractivity contribution in [3.05, 3.63) is 99.8 Å². The molecule has 0 bridgehead atoms. The molecule has 11 heteroatoms. The molecular formula is C36H38F3N3O4S. The van der Waals surface area contributed by atoms with Crippen molar-refractivity contribution >= 4 is 34.9 Å². The summed E-state index contributed by atoms with van der Waals surface area (Å²) in [5, 5.41) is 17.7. The van der Waals surface area contributed by atoms with E-state index in [-0.39, 0.29) is 37.2 Å². The first-order chi connectivity index (χ1) is 22.5. The minimum absolute atomic E-state index is 0.00417. The van der Waals surface area contributed by atoms with E-state index in [1.807, 2.05) is 13.0 Å². The van der Waals surface area contributed by atoms with E-state index < -0.39 is 29.6 Å². The van der Waals surface area contributed by atoms with E-state index in [1.165, 1.54) is 36.2 Å². The van der Waals surface area contributed by atoms with Crippen molar-refractivity contribution in [1.82, 2.24) is 10.2 Å². The van der Waals surface area contributed by atoms with E-state index in [1.54, 1.807) is 52.1 Å². The zero-order chi connectivity index (χ0) is 33.6. The summed E-state index contributed by atoms with van der Waals surface area (Å²) in [6.45, 7) is 2.17. The van der Waals surface area contributed by atoms with Crippen LogP contribution in [0.5, 0.6) is 0 Å². The second kappa shape index (κ2) is 15.0. The molecule has 2 aromatic carbocycles. The van der Waals surface area contributed by atoms with Gasteiger partial charge in [-0.3, -0.25) is 9.59 Å². The standard InChI is InChI=1S/C36H38F3N3O4S/c1-23-17-27(25-5-3-2-4-6-25)11-12-32(23)42(21-24-7-9-26(10-8-24)34(45)40-15-13-33(43)44)35(46)41-31-19-29(28-14-16-47-22-28)18-30(20-31)36(37,38)39/h7-12,14,16-20,22-23,25,32H,2-6,13,15,21H2,1H3,(H,40,45)(H,41,46)(H,43,44). The number of nitrogens with zero attached hydrogens (tertiary/aromatic N) is 1. The minimum atomic E-state index is -4.60. The summed E-state index contributed by atoms with van der Waals surface area (Å²) >= 11 is 1.37. The monoisotopic (exact) mass is 665 g/mol. The van der Waals surface area contributed by atoms with Crippen molar-refractivity contribution in [3.8, 4) is 11.1 Å². The highest BCUT2D eigenvalue weighted by atomic mass is 32.1. The van der Waals surface area contributed by atoms with E-state index in [9.17, 15) is 27.6 Å². The lowest BCUT2D eigenvalue weighted by Gasteiger charge is -2.36. The zero-order valence-electron chi connectivity index (χ0n) is 26.1. The van der Waals surface area contributed by atoms with Crippen LogP contribution in [0.3, 0.4) is 0 Å². The Labute approximate surface area is 276 Å². The number of nitrogens with one attached hydrogen (secondary N) is 2. The number of amides is 3. The predicted octanol–water partition coefficient (Wildman–Crippen LogP) is 8.75. The molecule has 0 saturated heterocycles. The number of thiophene rings is 1. The highest BCUT2D eigenvalue weighted by Crippen LogP contribution is 2.37. The third kappa shape index (κ3) is 8.91. The molecule has 5 rings (SSSR count). The van der Waals surface area contributed by atoms with Gasteiger partial charge in [0.1, 0.15) is 0 Å². The smallest absolute Gasteiger partial charge is 0.416 e. The largest absolute Gasteiger partial charge is 0.481 e. The quantitative estimate of drug-likeness (QED) is 0.202. The number of hydrogen-bond acceptors (Lipinski definition) is 4. The predicted molar refractivity (Wildman–Crippen MR) is 177 cm³/mol. The molecule has 1 heterocycles. The number of benzene rings is 2. The summed E-state index contributed by atoms with van der Waals surface area (Å²) in [6, 6.07) is 11.0. The van der Waals surface area contributed by atoms with Gasteiger partial charge in [-0.1, -0.05) is 56.5 Å². The van der Waals surface area contributed by atoms with Crippen LogP contribution < -0.4 is 10.6 Å².